The van der Waals surface area contributed by atoms with Gasteiger partial charge in [-0.15, -0.1) is 0 Å². The maximum Gasteiger partial charge on any atom is 0.422 e. The number of ether oxygens (including phenoxy) is 2. The van der Waals surface area contributed by atoms with Gasteiger partial charge in [0.15, 0.2) is 6.61 Å². The predicted molar refractivity (Wildman–Crippen MR) is 109 cm³/mol. The summed E-state index contributed by atoms with van der Waals surface area (Å²) in [6, 6.07) is 11.5. The largest absolute Gasteiger partial charge is 0.484 e. The van der Waals surface area contributed by atoms with Crippen LogP contribution in [0.2, 0.25) is 0 Å². The van der Waals surface area contributed by atoms with Crippen LogP contribution in [-0.2, 0) is 10.3 Å². The Balaban J connectivity index is 1.71. The summed E-state index contributed by atoms with van der Waals surface area (Å²) >= 11 is 0. The average molecular weight is 455 g/mol. The first kappa shape index (κ1) is 23.8. The second-order valence-corrected chi connectivity index (χ2v) is 7.79. The first-order valence-electron chi connectivity index (χ1n) is 10.3. The van der Waals surface area contributed by atoms with Gasteiger partial charge in [0.2, 0.25) is 0 Å². The van der Waals surface area contributed by atoms with Crippen molar-refractivity contribution in [2.45, 2.75) is 44.0 Å². The number of cyclic esters (lactones) is 1. The molecular weight excluding hydrogens is 430 g/mol. The maximum absolute atomic E-state index is 13.4. The summed E-state index contributed by atoms with van der Waals surface area (Å²) in [6.07, 6.45) is -3.71. The number of nitrogens with zero attached hydrogens (tertiary/aromatic N) is 1. The Kier molecular flexibility index (Phi) is 7.28. The van der Waals surface area contributed by atoms with Crippen molar-refractivity contribution < 1.29 is 36.9 Å². The summed E-state index contributed by atoms with van der Waals surface area (Å²) in [4.78, 5) is 14.5. The van der Waals surface area contributed by atoms with Crippen molar-refractivity contribution in [2.75, 3.05) is 19.8 Å². The number of amides is 1. The molecule has 0 unspecified atom stereocenters. The van der Waals surface area contributed by atoms with Gasteiger partial charge in [-0.05, 0) is 55.2 Å². The summed E-state index contributed by atoms with van der Waals surface area (Å²) in [7, 11) is 0. The van der Waals surface area contributed by atoms with E-state index in [9.17, 15) is 27.5 Å². The van der Waals surface area contributed by atoms with Crippen molar-refractivity contribution in [2.24, 2.45) is 0 Å². The van der Waals surface area contributed by atoms with Gasteiger partial charge in [-0.25, -0.2) is 9.18 Å². The Morgan fingerprint density at radius 1 is 1.16 bits per heavy atom. The second-order valence-electron chi connectivity index (χ2n) is 7.79. The van der Waals surface area contributed by atoms with E-state index in [1.807, 2.05) is 0 Å². The van der Waals surface area contributed by atoms with Gasteiger partial charge in [-0.3, -0.25) is 0 Å². The fourth-order valence-electron chi connectivity index (χ4n) is 3.85. The van der Waals surface area contributed by atoms with Crippen LogP contribution in [0.3, 0.4) is 0 Å². The van der Waals surface area contributed by atoms with Crippen LogP contribution in [0.15, 0.2) is 48.5 Å². The summed E-state index contributed by atoms with van der Waals surface area (Å²) in [5, 5.41) is 9.28. The zero-order valence-corrected chi connectivity index (χ0v) is 17.6. The molecule has 2 aromatic carbocycles. The molecule has 1 saturated heterocycles. The quantitative estimate of drug-likeness (QED) is 0.546. The lowest BCUT2D eigenvalue weighted by atomic mass is 9.84. The lowest BCUT2D eigenvalue weighted by Crippen LogP contribution is -2.48. The Hall–Kier alpha value is -2.81. The fraction of sp³-hybridized carbons (Fsp3) is 0.435. The minimum atomic E-state index is -4.42. The number of alkyl halides is 3. The van der Waals surface area contributed by atoms with Gasteiger partial charge in [-0.1, -0.05) is 24.3 Å². The van der Waals surface area contributed by atoms with Crippen LogP contribution in [0.4, 0.5) is 22.4 Å². The Labute approximate surface area is 183 Å². The molecule has 1 aliphatic heterocycles. The molecule has 1 amide bonds. The van der Waals surface area contributed by atoms with Crippen LogP contribution >= 0.6 is 0 Å². The highest BCUT2D eigenvalue weighted by Crippen LogP contribution is 2.40. The first-order chi connectivity index (χ1) is 15.1. The van der Waals surface area contributed by atoms with Crippen molar-refractivity contribution >= 4 is 6.09 Å². The monoisotopic (exact) mass is 455 g/mol. The number of hydrogen-bond donors (Lipinski definition) is 1. The normalized spacial score (nSPS) is 20.1. The van der Waals surface area contributed by atoms with Crippen molar-refractivity contribution in [3.8, 4) is 5.75 Å². The van der Waals surface area contributed by atoms with E-state index in [-0.39, 0.29) is 18.4 Å². The second kappa shape index (κ2) is 9.77. The number of benzene rings is 2. The van der Waals surface area contributed by atoms with E-state index >= 15 is 0 Å². The zero-order valence-electron chi connectivity index (χ0n) is 17.6. The number of rotatable bonds is 8. The van der Waals surface area contributed by atoms with E-state index in [1.165, 1.54) is 29.2 Å². The molecule has 2 atom stereocenters. The molecule has 0 spiro atoms. The number of aliphatic hydroxyl groups is 1. The Bertz CT molecular complexity index is 902. The lowest BCUT2D eigenvalue weighted by molar-refractivity contribution is -0.153. The van der Waals surface area contributed by atoms with Crippen molar-refractivity contribution in [3.05, 3.63) is 65.5 Å². The summed E-state index contributed by atoms with van der Waals surface area (Å²) in [5.74, 6) is -0.315. The first-order valence-corrected chi connectivity index (χ1v) is 10.3. The van der Waals surface area contributed by atoms with Crippen LogP contribution in [0.1, 0.15) is 43.4 Å². The molecule has 174 valence electrons. The minimum absolute atomic E-state index is 0.0661. The van der Waals surface area contributed by atoms with Gasteiger partial charge in [0, 0.05) is 19.6 Å². The van der Waals surface area contributed by atoms with E-state index in [0.29, 0.717) is 36.9 Å². The SMILES string of the molecule is C[C@@H](c1ccc(OCC(F)(F)F)cc1)N1CC[C@](CCCO)(c2ccc(F)cc2)OC1=O. The number of carbonyl (C=O) groups is 1. The third kappa shape index (κ3) is 5.70. The number of halogens is 4. The topological polar surface area (TPSA) is 59.0 Å². The molecule has 1 N–H and O–H groups in total. The van der Waals surface area contributed by atoms with Crippen LogP contribution in [0, 0.1) is 5.82 Å². The predicted octanol–water partition coefficient (Wildman–Crippen LogP) is 5.34. The number of carbonyl (C=O) groups excluding carboxylic acids is 1. The highest BCUT2D eigenvalue weighted by molar-refractivity contribution is 5.70. The summed E-state index contributed by atoms with van der Waals surface area (Å²) in [5.41, 5.74) is 0.420. The molecular formula is C23H25F4NO4. The average Bonchev–Trinajstić information content (AvgIpc) is 2.76. The van der Waals surface area contributed by atoms with E-state index in [4.69, 9.17) is 9.47 Å². The third-order valence-corrected chi connectivity index (χ3v) is 5.62. The van der Waals surface area contributed by atoms with Gasteiger partial charge >= 0.3 is 12.3 Å². The highest BCUT2D eigenvalue weighted by atomic mass is 19.4. The lowest BCUT2D eigenvalue weighted by Gasteiger charge is -2.43. The van der Waals surface area contributed by atoms with E-state index in [1.54, 1.807) is 31.2 Å². The van der Waals surface area contributed by atoms with Crippen LogP contribution in [0.25, 0.3) is 0 Å². The van der Waals surface area contributed by atoms with Crippen molar-refractivity contribution in [3.63, 3.8) is 0 Å². The molecule has 5 nitrogen and oxygen atoms in total. The third-order valence-electron chi connectivity index (χ3n) is 5.62. The molecule has 2 aromatic rings. The molecule has 0 saturated carbocycles. The van der Waals surface area contributed by atoms with E-state index in [2.05, 4.69) is 0 Å². The van der Waals surface area contributed by atoms with Crippen LogP contribution in [0.5, 0.6) is 5.75 Å². The molecule has 0 radical (unpaired) electrons. The maximum atomic E-state index is 13.4. The fourth-order valence-corrected chi connectivity index (χ4v) is 3.85. The summed E-state index contributed by atoms with van der Waals surface area (Å²) < 4.78 is 60.9. The highest BCUT2D eigenvalue weighted by Gasteiger charge is 2.43. The van der Waals surface area contributed by atoms with Crippen molar-refractivity contribution in [1.29, 1.82) is 0 Å². The molecule has 1 heterocycles. The smallest absolute Gasteiger partial charge is 0.422 e. The zero-order chi connectivity index (χ0) is 23.4. The molecule has 0 aromatic heterocycles. The molecule has 0 bridgehead atoms. The van der Waals surface area contributed by atoms with Gasteiger partial charge in [0.25, 0.3) is 0 Å². The molecule has 1 fully saturated rings. The van der Waals surface area contributed by atoms with Crippen LogP contribution in [-0.4, -0.2) is 42.0 Å². The summed E-state index contributed by atoms with van der Waals surface area (Å²) in [6.45, 7) is 0.712. The molecule has 3 rings (SSSR count). The molecule has 9 heteroatoms. The van der Waals surface area contributed by atoms with Gasteiger partial charge in [-0.2, -0.15) is 13.2 Å². The minimum Gasteiger partial charge on any atom is -0.484 e. The van der Waals surface area contributed by atoms with Crippen LogP contribution < -0.4 is 4.74 Å². The number of hydrogen-bond acceptors (Lipinski definition) is 4. The van der Waals surface area contributed by atoms with Gasteiger partial charge in [0.1, 0.15) is 17.2 Å². The standard InChI is InChI=1S/C23H25F4NO4/c1-16(17-3-9-20(10-4-17)31-15-23(25,26)27)28-13-12-22(11-2-14-29,32-21(28)30)18-5-7-19(24)8-6-18/h3-10,16,29H,2,11-15H2,1H3/t16-,22+/m0/s1. The van der Waals surface area contributed by atoms with Gasteiger partial charge < -0.3 is 19.5 Å². The Morgan fingerprint density at radius 2 is 1.81 bits per heavy atom. The molecule has 1 aliphatic rings. The Morgan fingerprint density at radius 3 is 2.38 bits per heavy atom. The molecule has 32 heavy (non-hydrogen) atoms. The number of aliphatic hydroxyl groups excluding tert-OH is 1. The van der Waals surface area contributed by atoms with E-state index in [0.717, 1.165) is 0 Å². The van der Waals surface area contributed by atoms with E-state index < -0.39 is 30.3 Å². The molecule has 0 aliphatic carbocycles. The van der Waals surface area contributed by atoms with Crippen molar-refractivity contribution in [1.82, 2.24) is 4.90 Å². The van der Waals surface area contributed by atoms with Gasteiger partial charge in [0.05, 0.1) is 6.04 Å².